The second-order valence-electron chi connectivity index (χ2n) is 17.4. The van der Waals surface area contributed by atoms with E-state index >= 15 is 0 Å². The molecule has 0 aliphatic carbocycles. The Balaban J connectivity index is 0.000000126. The summed E-state index contributed by atoms with van der Waals surface area (Å²) in [5.41, 5.74) is 19.2. The molecule has 0 fully saturated rings. The summed E-state index contributed by atoms with van der Waals surface area (Å²) in [5.74, 6) is 0. The SMILES string of the molecule is [Os].[Os].[Os].[c-]1c(N2[CH-]Cc3ccncc32)cncc1N1[CH-]Cc2ccncc21.[c-]1c(N2[CH-]Cc3cnccc32)cncc1N1[CH-]Cc2ncccc21.[c-]1c(N2[CH-]Cc3ncccc32)cncc1N1[CH-]Cc2ncccc21. The molecule has 9 aromatic rings. The first-order valence-corrected chi connectivity index (χ1v) is 23.7. The summed E-state index contributed by atoms with van der Waals surface area (Å²) in [6.45, 7) is 12.8. The number of fused-ring (bicyclic) bond motifs is 6. The molecule has 0 saturated heterocycles. The van der Waals surface area contributed by atoms with Crippen LogP contribution in [0.1, 0.15) is 33.8 Å². The second kappa shape index (κ2) is 22.9. The normalized spacial score (nSPS) is 14.9. The number of rotatable bonds is 6. The van der Waals surface area contributed by atoms with Crippen molar-refractivity contribution in [2.75, 3.05) is 29.4 Å². The molecule has 0 atom stereocenters. The van der Waals surface area contributed by atoms with Gasteiger partial charge in [-0.05, 0) is 60.2 Å². The van der Waals surface area contributed by atoms with E-state index in [1.807, 2.05) is 117 Å². The monoisotopic (exact) mass is 1510 g/mol. The van der Waals surface area contributed by atoms with Gasteiger partial charge in [0.15, 0.2) is 0 Å². The van der Waals surface area contributed by atoms with E-state index in [0.29, 0.717) is 0 Å². The Bertz CT molecular complexity index is 2890. The zero-order valence-electron chi connectivity index (χ0n) is 39.8. The summed E-state index contributed by atoms with van der Waals surface area (Å²) in [5, 5.41) is 0. The molecule has 0 spiro atoms. The van der Waals surface area contributed by atoms with Crippen molar-refractivity contribution in [3.8, 4) is 0 Å². The quantitative estimate of drug-likeness (QED) is 0.146. The molecular formula is C57H42N15Os3-9. The van der Waals surface area contributed by atoms with Crippen LogP contribution in [0.25, 0.3) is 0 Å². The van der Waals surface area contributed by atoms with E-state index in [1.165, 1.54) is 16.7 Å². The summed E-state index contributed by atoms with van der Waals surface area (Å²) in [6.07, 6.45) is 32.9. The van der Waals surface area contributed by atoms with E-state index < -0.39 is 0 Å². The first-order chi connectivity index (χ1) is 35.7. The van der Waals surface area contributed by atoms with Crippen LogP contribution in [-0.2, 0) is 97.9 Å². The number of aromatic nitrogens is 9. The molecule has 9 aromatic heterocycles. The average molecular weight is 1510 g/mol. The Hall–Kier alpha value is -6.94. The molecule has 0 N–H and O–H groups in total. The molecule has 15 nitrogen and oxygen atoms in total. The van der Waals surface area contributed by atoms with Crippen molar-refractivity contribution >= 4 is 68.2 Å². The van der Waals surface area contributed by atoms with Crippen LogP contribution in [-0.4, -0.2) is 44.9 Å². The molecule has 15 rings (SSSR count). The molecule has 378 valence electrons. The molecule has 15 heterocycles. The van der Waals surface area contributed by atoms with Gasteiger partial charge >= 0.3 is 0 Å². The van der Waals surface area contributed by atoms with E-state index in [2.05, 4.69) is 162 Å². The predicted octanol–water partition coefficient (Wildman–Crippen LogP) is 10.1. The van der Waals surface area contributed by atoms with Crippen molar-refractivity contribution < 1.29 is 59.4 Å². The van der Waals surface area contributed by atoms with Crippen molar-refractivity contribution in [1.29, 1.82) is 0 Å². The topological polar surface area (TPSA) is 135 Å². The minimum absolute atomic E-state index is 0. The van der Waals surface area contributed by atoms with Crippen molar-refractivity contribution in [3.63, 3.8) is 0 Å². The van der Waals surface area contributed by atoms with Crippen LogP contribution in [0.15, 0.2) is 148 Å². The Kier molecular flexibility index (Phi) is 15.7. The van der Waals surface area contributed by atoms with Gasteiger partial charge in [-0.15, -0.1) is 56.7 Å². The van der Waals surface area contributed by atoms with Gasteiger partial charge in [-0.1, -0.05) is 82.4 Å². The second-order valence-corrected chi connectivity index (χ2v) is 17.4. The number of pyridine rings is 9. The van der Waals surface area contributed by atoms with Gasteiger partial charge in [0.25, 0.3) is 0 Å². The molecule has 6 aliphatic rings. The van der Waals surface area contributed by atoms with Gasteiger partial charge in [-0.3, -0.25) is 29.9 Å². The van der Waals surface area contributed by atoms with E-state index in [0.717, 1.165) is 124 Å². The van der Waals surface area contributed by atoms with Crippen LogP contribution in [0.3, 0.4) is 0 Å². The molecule has 6 aliphatic heterocycles. The van der Waals surface area contributed by atoms with E-state index in [9.17, 15) is 0 Å². The van der Waals surface area contributed by atoms with Crippen molar-refractivity contribution in [2.24, 2.45) is 0 Å². The molecule has 0 radical (unpaired) electrons. The number of hydrogen-bond donors (Lipinski definition) is 0. The molecule has 0 unspecified atom stereocenters. The maximum Gasteiger partial charge on any atom is 0.0481 e. The molecule has 0 aromatic carbocycles. The van der Waals surface area contributed by atoms with Gasteiger partial charge in [0.2, 0.25) is 0 Å². The van der Waals surface area contributed by atoms with Crippen molar-refractivity contribution in [2.45, 2.75) is 38.5 Å². The van der Waals surface area contributed by atoms with Crippen LogP contribution in [0.2, 0.25) is 0 Å². The fourth-order valence-corrected chi connectivity index (χ4v) is 9.76. The Labute approximate surface area is 475 Å². The van der Waals surface area contributed by atoms with E-state index in [-0.39, 0.29) is 59.4 Å². The fraction of sp³-hybridized carbons (Fsp3) is 0.105. The maximum atomic E-state index is 4.43. The number of anilines is 12. The summed E-state index contributed by atoms with van der Waals surface area (Å²) >= 11 is 0. The number of nitrogens with zero attached hydrogens (tertiary/aromatic N) is 15. The minimum Gasteiger partial charge on any atom is -0.513 e. The minimum atomic E-state index is 0. The maximum absolute atomic E-state index is 4.43. The van der Waals surface area contributed by atoms with Gasteiger partial charge < -0.3 is 44.4 Å². The van der Waals surface area contributed by atoms with Gasteiger partial charge in [0, 0.05) is 166 Å². The summed E-state index contributed by atoms with van der Waals surface area (Å²) in [6, 6.07) is 28.7. The third-order valence-electron chi connectivity index (χ3n) is 13.2. The van der Waals surface area contributed by atoms with Gasteiger partial charge in [0.05, 0.1) is 0 Å². The third-order valence-corrected chi connectivity index (χ3v) is 13.2. The van der Waals surface area contributed by atoms with Crippen molar-refractivity contribution in [1.82, 2.24) is 44.9 Å². The third kappa shape index (κ3) is 10.2. The van der Waals surface area contributed by atoms with E-state index in [1.54, 1.807) is 0 Å². The summed E-state index contributed by atoms with van der Waals surface area (Å²) < 4.78 is 0. The van der Waals surface area contributed by atoms with Gasteiger partial charge in [-0.25, -0.2) is 39.3 Å². The van der Waals surface area contributed by atoms with Crippen LogP contribution < -0.4 is 29.4 Å². The van der Waals surface area contributed by atoms with Crippen LogP contribution >= 0.6 is 0 Å². The van der Waals surface area contributed by atoms with E-state index in [4.69, 9.17) is 0 Å². The van der Waals surface area contributed by atoms with Crippen LogP contribution in [0, 0.1) is 57.5 Å². The van der Waals surface area contributed by atoms with Gasteiger partial charge in [-0.2, -0.15) is 0 Å². The molecular weight excluding hydrogens is 1470 g/mol. The summed E-state index contributed by atoms with van der Waals surface area (Å²) in [7, 11) is 0. The molecule has 0 amide bonds. The Morgan fingerprint density at radius 2 is 0.613 bits per heavy atom. The molecule has 18 heteroatoms. The largest absolute Gasteiger partial charge is 0.513 e. The van der Waals surface area contributed by atoms with Crippen molar-refractivity contribution in [3.05, 3.63) is 239 Å². The zero-order valence-corrected chi connectivity index (χ0v) is 47.5. The Morgan fingerprint density at radius 3 is 1.01 bits per heavy atom. The summed E-state index contributed by atoms with van der Waals surface area (Å²) in [4.78, 5) is 51.9. The molecule has 0 saturated carbocycles. The van der Waals surface area contributed by atoms with Gasteiger partial charge in [0.1, 0.15) is 0 Å². The average Bonchev–Trinajstić information content (AvgIpc) is 4.33. The molecule has 0 bridgehead atoms. The smallest absolute Gasteiger partial charge is 0.0481 e. The zero-order chi connectivity index (χ0) is 47.8. The molecule has 75 heavy (non-hydrogen) atoms. The first kappa shape index (κ1) is 51.5. The van der Waals surface area contributed by atoms with Crippen LogP contribution in [0.4, 0.5) is 68.2 Å². The number of hydrogen-bond acceptors (Lipinski definition) is 15. The van der Waals surface area contributed by atoms with Crippen LogP contribution in [0.5, 0.6) is 0 Å². The standard InChI is InChI=1S/3C19H14N5.3Os/c1-5-20-12-18-14(1)3-7-23(18)16-9-17(11-22-10-16)24-8-4-15-2-6-21-13-19(15)24;1-3-18-16(21-7-1)5-9-23(18)14-11-15(13-20-12-14)24-10-6-17-19(24)4-2-8-22-17;1-2-19-17(22-6-1)5-9-24(19)16-10-15(12-21-13-16)23-8-4-14-11-20-7-3-18(14)23;;;/h1-2,5-8,10-13H,3-4H2;1-4,7-10,12-13H,5-6H2;1-3,6-9,11-13H,4-5H2;;;/q3*-3;;;. The predicted molar refractivity (Wildman–Crippen MR) is 275 cm³/mol. The Morgan fingerprint density at radius 1 is 0.293 bits per heavy atom. The fourth-order valence-electron chi connectivity index (χ4n) is 9.76. The first-order valence-electron chi connectivity index (χ1n) is 23.7.